The summed E-state index contributed by atoms with van der Waals surface area (Å²) in [6, 6.07) is 0. The minimum atomic E-state index is -1.55. The van der Waals surface area contributed by atoms with E-state index >= 15 is 0 Å². The fraction of sp³-hybridized carbons (Fsp3) is 0.850. The third-order valence-corrected chi connectivity index (χ3v) is 5.23. The number of carboxylic acids is 3. The molecule has 0 amide bonds. The summed E-state index contributed by atoms with van der Waals surface area (Å²) in [5.74, 6) is -5.30. The van der Waals surface area contributed by atoms with Crippen LogP contribution in [-0.4, -0.2) is 33.2 Å². The molecule has 3 N–H and O–H groups in total. The van der Waals surface area contributed by atoms with E-state index in [2.05, 4.69) is 6.92 Å². The Hall–Kier alpha value is -1.59. The smallest absolute Gasteiger partial charge is 0.310 e. The Balaban J connectivity index is 4.15. The van der Waals surface area contributed by atoms with E-state index in [-0.39, 0.29) is 6.42 Å². The van der Waals surface area contributed by atoms with Crippen LogP contribution in [0.3, 0.4) is 0 Å². The highest BCUT2D eigenvalue weighted by molar-refractivity contribution is 5.86. The molecule has 0 fully saturated rings. The molecule has 152 valence electrons. The number of aliphatic carboxylic acids is 3. The summed E-state index contributed by atoms with van der Waals surface area (Å²) in [6.07, 6.45) is 11.9. The molecule has 0 saturated heterocycles. The summed E-state index contributed by atoms with van der Waals surface area (Å²) in [5, 5.41) is 27.6. The molecule has 0 rings (SSSR count). The lowest BCUT2D eigenvalue weighted by Crippen LogP contribution is -2.41. The molecule has 0 aliphatic rings. The van der Waals surface area contributed by atoms with Crippen molar-refractivity contribution in [3.05, 3.63) is 0 Å². The van der Waals surface area contributed by atoms with Crippen molar-refractivity contribution in [2.75, 3.05) is 0 Å². The molecule has 0 saturated carbocycles. The molecule has 0 aliphatic heterocycles. The van der Waals surface area contributed by atoms with E-state index < -0.39 is 35.7 Å². The van der Waals surface area contributed by atoms with Gasteiger partial charge in [0.05, 0.1) is 17.8 Å². The summed E-state index contributed by atoms with van der Waals surface area (Å²) in [5.41, 5.74) is -1.55. The minimum absolute atomic E-state index is 0.184. The molecule has 0 radical (unpaired) electrons. The maximum atomic E-state index is 11.6. The van der Waals surface area contributed by atoms with Crippen LogP contribution in [0.15, 0.2) is 0 Å². The Bertz CT molecular complexity index is 434. The Morgan fingerprint density at radius 1 is 0.769 bits per heavy atom. The predicted octanol–water partition coefficient (Wildman–Crippen LogP) is 4.95. The summed E-state index contributed by atoms with van der Waals surface area (Å²) < 4.78 is 0. The first-order valence-corrected chi connectivity index (χ1v) is 9.93. The van der Waals surface area contributed by atoms with Crippen molar-refractivity contribution in [1.82, 2.24) is 0 Å². The largest absolute Gasteiger partial charge is 0.481 e. The first-order valence-electron chi connectivity index (χ1n) is 9.93. The molecule has 0 aromatic rings. The first-order chi connectivity index (χ1) is 12.3. The van der Waals surface area contributed by atoms with Crippen molar-refractivity contribution in [3.63, 3.8) is 0 Å². The lowest BCUT2D eigenvalue weighted by Gasteiger charge is -2.30. The van der Waals surface area contributed by atoms with Crippen LogP contribution in [0.2, 0.25) is 0 Å². The molecular formula is C20H36O6. The lowest BCUT2D eigenvalue weighted by molar-refractivity contribution is -0.165. The number of unbranched alkanes of at least 4 members (excludes halogenated alkanes) is 10. The van der Waals surface area contributed by atoms with E-state index in [9.17, 15) is 24.6 Å². The summed E-state index contributed by atoms with van der Waals surface area (Å²) in [6.45, 7) is 3.56. The van der Waals surface area contributed by atoms with Crippen molar-refractivity contribution in [3.8, 4) is 0 Å². The van der Waals surface area contributed by atoms with Gasteiger partial charge in [-0.25, -0.2) is 0 Å². The summed E-state index contributed by atoms with van der Waals surface area (Å²) in [7, 11) is 0. The number of hydrogen-bond acceptors (Lipinski definition) is 3. The topological polar surface area (TPSA) is 112 Å². The highest BCUT2D eigenvalue weighted by Crippen LogP contribution is 2.36. The van der Waals surface area contributed by atoms with Crippen LogP contribution in [0, 0.1) is 11.3 Å². The van der Waals surface area contributed by atoms with Gasteiger partial charge in [0.1, 0.15) is 0 Å². The molecule has 0 aliphatic carbocycles. The zero-order valence-electron chi connectivity index (χ0n) is 16.3. The van der Waals surface area contributed by atoms with Gasteiger partial charge < -0.3 is 15.3 Å². The van der Waals surface area contributed by atoms with Crippen LogP contribution in [-0.2, 0) is 14.4 Å². The molecule has 0 bridgehead atoms. The zero-order chi connectivity index (χ0) is 20.0. The van der Waals surface area contributed by atoms with E-state index in [1.807, 2.05) is 0 Å². The van der Waals surface area contributed by atoms with Gasteiger partial charge in [-0.2, -0.15) is 0 Å². The third kappa shape index (κ3) is 9.78. The van der Waals surface area contributed by atoms with E-state index in [0.717, 1.165) is 19.3 Å². The van der Waals surface area contributed by atoms with E-state index in [4.69, 9.17) is 5.11 Å². The van der Waals surface area contributed by atoms with Crippen molar-refractivity contribution in [2.24, 2.45) is 11.3 Å². The highest BCUT2D eigenvalue weighted by Gasteiger charge is 2.46. The van der Waals surface area contributed by atoms with Gasteiger partial charge >= 0.3 is 17.9 Å². The normalized spacial score (nSPS) is 14.5. The predicted molar refractivity (Wildman–Crippen MR) is 100 cm³/mol. The first kappa shape index (κ1) is 24.4. The molecule has 0 heterocycles. The average Bonchev–Trinajstić information content (AvgIpc) is 2.56. The molecule has 0 aromatic heterocycles. The Labute approximate surface area is 157 Å². The van der Waals surface area contributed by atoms with Crippen molar-refractivity contribution < 1.29 is 29.7 Å². The van der Waals surface area contributed by atoms with Gasteiger partial charge in [0.2, 0.25) is 0 Å². The second-order valence-electron chi connectivity index (χ2n) is 7.50. The fourth-order valence-corrected chi connectivity index (χ4v) is 3.35. The number of carboxylic acid groups (broad SMARTS) is 3. The molecule has 2 atom stereocenters. The van der Waals surface area contributed by atoms with Crippen LogP contribution in [0.4, 0.5) is 0 Å². The number of hydrogen-bond donors (Lipinski definition) is 3. The van der Waals surface area contributed by atoms with Crippen molar-refractivity contribution in [2.45, 2.75) is 97.3 Å². The van der Waals surface area contributed by atoms with Crippen LogP contribution < -0.4 is 0 Å². The van der Waals surface area contributed by atoms with E-state index in [1.54, 1.807) is 0 Å². The second-order valence-corrected chi connectivity index (χ2v) is 7.50. The van der Waals surface area contributed by atoms with Gasteiger partial charge in [0.15, 0.2) is 0 Å². The van der Waals surface area contributed by atoms with E-state index in [0.29, 0.717) is 6.42 Å². The van der Waals surface area contributed by atoms with E-state index in [1.165, 1.54) is 51.9 Å². The summed E-state index contributed by atoms with van der Waals surface area (Å²) in [4.78, 5) is 33.9. The third-order valence-electron chi connectivity index (χ3n) is 5.23. The van der Waals surface area contributed by atoms with Gasteiger partial charge in [-0.05, 0) is 13.3 Å². The van der Waals surface area contributed by atoms with Gasteiger partial charge in [-0.15, -0.1) is 0 Å². The Morgan fingerprint density at radius 3 is 1.54 bits per heavy atom. The monoisotopic (exact) mass is 372 g/mol. The Kier molecular flexibility index (Phi) is 12.8. The van der Waals surface area contributed by atoms with Crippen LogP contribution in [0.5, 0.6) is 0 Å². The molecule has 0 spiro atoms. The molecular weight excluding hydrogens is 336 g/mol. The maximum Gasteiger partial charge on any atom is 0.310 e. The van der Waals surface area contributed by atoms with Gasteiger partial charge in [-0.1, -0.05) is 77.6 Å². The lowest BCUT2D eigenvalue weighted by atomic mass is 9.71. The second kappa shape index (κ2) is 13.6. The quantitative estimate of drug-likeness (QED) is 0.311. The molecule has 2 unspecified atom stereocenters. The van der Waals surface area contributed by atoms with Crippen LogP contribution in [0.25, 0.3) is 0 Å². The highest BCUT2D eigenvalue weighted by atomic mass is 16.4. The van der Waals surface area contributed by atoms with Gasteiger partial charge in [-0.3, -0.25) is 14.4 Å². The number of rotatable bonds is 17. The van der Waals surface area contributed by atoms with Gasteiger partial charge in [0, 0.05) is 0 Å². The average molecular weight is 373 g/mol. The Morgan fingerprint density at radius 2 is 1.19 bits per heavy atom. The SMILES string of the molecule is CCCCCCCCCCCCCC(C)(C(=O)O)C(CC(=O)O)C(=O)O. The van der Waals surface area contributed by atoms with Crippen LogP contribution >= 0.6 is 0 Å². The molecule has 6 heteroatoms. The summed E-state index contributed by atoms with van der Waals surface area (Å²) >= 11 is 0. The molecule has 6 nitrogen and oxygen atoms in total. The van der Waals surface area contributed by atoms with Crippen LogP contribution in [0.1, 0.15) is 97.3 Å². The van der Waals surface area contributed by atoms with Gasteiger partial charge in [0.25, 0.3) is 0 Å². The van der Waals surface area contributed by atoms with Crippen molar-refractivity contribution >= 4 is 17.9 Å². The fourth-order valence-electron chi connectivity index (χ4n) is 3.35. The number of carbonyl (C=O) groups is 3. The minimum Gasteiger partial charge on any atom is -0.481 e. The molecule has 26 heavy (non-hydrogen) atoms. The standard InChI is InChI=1S/C20H36O6/c1-3-4-5-6-7-8-9-10-11-12-13-14-20(2,19(25)26)16(18(23)24)15-17(21)22/h16H,3-15H2,1-2H3,(H,21,22)(H,23,24)(H,25,26). The molecule has 0 aromatic carbocycles. The van der Waals surface area contributed by atoms with Crippen molar-refractivity contribution in [1.29, 1.82) is 0 Å². The maximum absolute atomic E-state index is 11.6. The zero-order valence-corrected chi connectivity index (χ0v) is 16.3.